The van der Waals surface area contributed by atoms with E-state index in [1.807, 2.05) is 30.3 Å². The van der Waals surface area contributed by atoms with Gasteiger partial charge in [0.05, 0.1) is 16.7 Å². The van der Waals surface area contributed by atoms with Crippen LogP contribution in [0.1, 0.15) is 31.2 Å². The molecule has 0 aromatic heterocycles. The third-order valence-corrected chi connectivity index (χ3v) is 7.23. The highest BCUT2D eigenvalue weighted by atomic mass is 32.2. The minimum Gasteiger partial charge on any atom is -0.376 e. The second-order valence-electron chi connectivity index (χ2n) is 6.91. The molecule has 0 atom stereocenters. The summed E-state index contributed by atoms with van der Waals surface area (Å²) in [6.45, 7) is 0.743. The first-order valence-corrected chi connectivity index (χ1v) is 11.0. The van der Waals surface area contributed by atoms with Crippen molar-refractivity contribution in [1.29, 1.82) is 0 Å². The number of nitrogens with one attached hydrogen (secondary N) is 2. The van der Waals surface area contributed by atoms with Crippen LogP contribution in [0.25, 0.3) is 0 Å². The maximum absolute atomic E-state index is 12.6. The van der Waals surface area contributed by atoms with Crippen molar-refractivity contribution in [2.45, 2.75) is 42.2 Å². The van der Waals surface area contributed by atoms with Crippen LogP contribution in [-0.4, -0.2) is 32.7 Å². The van der Waals surface area contributed by atoms with Crippen molar-refractivity contribution in [1.82, 2.24) is 5.32 Å². The Morgan fingerprint density at radius 3 is 2.30 bits per heavy atom. The number of carbonyl (C=O) groups is 1. The van der Waals surface area contributed by atoms with Gasteiger partial charge >= 0.3 is 0 Å². The van der Waals surface area contributed by atoms with Crippen LogP contribution in [0.2, 0.25) is 0 Å². The molecule has 3 rings (SSSR count). The number of hydrogen-bond acceptors (Lipinski definition) is 4. The van der Waals surface area contributed by atoms with E-state index in [1.165, 1.54) is 5.56 Å². The fourth-order valence-electron chi connectivity index (χ4n) is 3.39. The molecule has 0 heterocycles. The van der Waals surface area contributed by atoms with Crippen molar-refractivity contribution in [2.24, 2.45) is 0 Å². The first-order chi connectivity index (χ1) is 13.1. The Bertz CT molecular complexity index is 843. The summed E-state index contributed by atoms with van der Waals surface area (Å²) in [6, 6.07) is 16.7. The van der Waals surface area contributed by atoms with Gasteiger partial charge in [-0.25, -0.2) is 8.42 Å². The van der Waals surface area contributed by atoms with Crippen LogP contribution < -0.4 is 10.6 Å². The zero-order valence-corrected chi connectivity index (χ0v) is 16.2. The Kier molecular flexibility index (Phi) is 6.50. The summed E-state index contributed by atoms with van der Waals surface area (Å²) in [5, 5.41) is 5.67. The van der Waals surface area contributed by atoms with E-state index >= 15 is 0 Å². The Balaban J connectivity index is 1.45. The third-order valence-electron chi connectivity index (χ3n) is 4.96. The number of carbonyl (C=O) groups excluding carboxylic acids is 1. The van der Waals surface area contributed by atoms with Crippen LogP contribution in [0.4, 0.5) is 5.69 Å². The maximum atomic E-state index is 12.6. The van der Waals surface area contributed by atoms with Crippen LogP contribution in [-0.2, 0) is 21.1 Å². The highest BCUT2D eigenvalue weighted by Gasteiger charge is 2.30. The van der Waals surface area contributed by atoms with E-state index in [1.54, 1.807) is 24.3 Å². The largest absolute Gasteiger partial charge is 0.376 e. The highest BCUT2D eigenvalue weighted by Crippen LogP contribution is 2.29. The van der Waals surface area contributed by atoms with Crippen LogP contribution in [0.5, 0.6) is 0 Å². The lowest BCUT2D eigenvalue weighted by molar-refractivity contribution is -0.119. The summed E-state index contributed by atoms with van der Waals surface area (Å²) >= 11 is 0. The molecule has 2 aromatic carbocycles. The van der Waals surface area contributed by atoms with Gasteiger partial charge in [0.15, 0.2) is 9.84 Å². The summed E-state index contributed by atoms with van der Waals surface area (Å²) in [5.74, 6) is -0.0893. The number of amides is 1. The fraction of sp³-hybridized carbons (Fsp3) is 0.381. The van der Waals surface area contributed by atoms with Crippen molar-refractivity contribution >= 4 is 21.4 Å². The first-order valence-electron chi connectivity index (χ1n) is 9.44. The Morgan fingerprint density at radius 1 is 0.963 bits per heavy atom. The molecule has 0 aliphatic heterocycles. The van der Waals surface area contributed by atoms with Crippen molar-refractivity contribution in [3.63, 3.8) is 0 Å². The summed E-state index contributed by atoms with van der Waals surface area (Å²) in [4.78, 5) is 12.3. The Hall–Kier alpha value is -2.34. The van der Waals surface area contributed by atoms with Gasteiger partial charge in [-0.3, -0.25) is 4.79 Å². The lowest BCUT2D eigenvalue weighted by atomic mass is 10.1. The molecule has 2 aromatic rings. The van der Waals surface area contributed by atoms with Gasteiger partial charge in [0.25, 0.3) is 0 Å². The van der Waals surface area contributed by atoms with Crippen molar-refractivity contribution in [3.05, 3.63) is 60.2 Å². The highest BCUT2D eigenvalue weighted by molar-refractivity contribution is 7.92. The van der Waals surface area contributed by atoms with E-state index in [0.29, 0.717) is 11.4 Å². The van der Waals surface area contributed by atoms with Gasteiger partial charge in [-0.1, -0.05) is 43.2 Å². The van der Waals surface area contributed by atoms with Crippen molar-refractivity contribution < 1.29 is 13.2 Å². The topological polar surface area (TPSA) is 75.3 Å². The zero-order valence-electron chi connectivity index (χ0n) is 15.4. The monoisotopic (exact) mass is 386 g/mol. The van der Waals surface area contributed by atoms with Crippen LogP contribution in [0, 0.1) is 0 Å². The molecule has 0 bridgehead atoms. The van der Waals surface area contributed by atoms with E-state index in [2.05, 4.69) is 10.6 Å². The van der Waals surface area contributed by atoms with E-state index in [0.717, 1.165) is 37.8 Å². The lowest BCUT2D eigenvalue weighted by Gasteiger charge is -2.12. The minimum absolute atomic E-state index is 0.0893. The quantitative estimate of drug-likeness (QED) is 0.731. The van der Waals surface area contributed by atoms with Gasteiger partial charge in [-0.15, -0.1) is 0 Å². The Morgan fingerprint density at radius 2 is 1.63 bits per heavy atom. The standard InChI is InChI=1S/C21H26N2O3S/c24-21(22-15-14-17-6-2-1-3-7-17)16-23-18-10-12-20(13-11-18)27(25,26)19-8-4-5-9-19/h1-3,6-7,10-13,19,23H,4-5,8-9,14-16H2,(H,22,24). The predicted octanol–water partition coefficient (Wildman–Crippen LogP) is 3.17. The summed E-state index contributed by atoms with van der Waals surface area (Å²) < 4.78 is 25.1. The van der Waals surface area contributed by atoms with E-state index in [-0.39, 0.29) is 17.7 Å². The van der Waals surface area contributed by atoms with E-state index in [4.69, 9.17) is 0 Å². The number of anilines is 1. The molecule has 0 radical (unpaired) electrons. The summed E-state index contributed by atoms with van der Waals surface area (Å²) in [5.41, 5.74) is 1.92. The molecule has 27 heavy (non-hydrogen) atoms. The second kappa shape index (κ2) is 9.04. The average molecular weight is 387 g/mol. The second-order valence-corrected chi connectivity index (χ2v) is 9.14. The maximum Gasteiger partial charge on any atom is 0.239 e. The number of hydrogen-bond donors (Lipinski definition) is 2. The number of rotatable bonds is 8. The molecule has 0 unspecified atom stereocenters. The molecule has 0 spiro atoms. The van der Waals surface area contributed by atoms with E-state index < -0.39 is 9.84 Å². The summed E-state index contributed by atoms with van der Waals surface area (Å²) in [7, 11) is -3.23. The van der Waals surface area contributed by atoms with E-state index in [9.17, 15) is 13.2 Å². The normalized spacial score (nSPS) is 14.8. The number of sulfone groups is 1. The number of benzene rings is 2. The van der Waals surface area contributed by atoms with Crippen LogP contribution in [0.3, 0.4) is 0 Å². The molecule has 1 aliphatic carbocycles. The SMILES string of the molecule is O=C(CNc1ccc(S(=O)(=O)C2CCCC2)cc1)NCCc1ccccc1. The molecular weight excluding hydrogens is 360 g/mol. The molecule has 6 heteroatoms. The Labute approximate surface area is 161 Å². The minimum atomic E-state index is -3.23. The van der Waals surface area contributed by atoms with Crippen molar-refractivity contribution in [2.75, 3.05) is 18.4 Å². The molecule has 0 saturated heterocycles. The molecule has 1 amide bonds. The molecule has 1 aliphatic rings. The predicted molar refractivity (Wildman–Crippen MR) is 108 cm³/mol. The third kappa shape index (κ3) is 5.32. The molecule has 1 saturated carbocycles. The van der Waals surface area contributed by atoms with Gasteiger partial charge in [-0.2, -0.15) is 0 Å². The van der Waals surface area contributed by atoms with Gasteiger partial charge in [-0.05, 0) is 49.1 Å². The van der Waals surface area contributed by atoms with Gasteiger partial charge in [0.2, 0.25) is 5.91 Å². The van der Waals surface area contributed by atoms with Crippen LogP contribution in [0.15, 0.2) is 59.5 Å². The lowest BCUT2D eigenvalue weighted by Crippen LogP contribution is -2.31. The zero-order chi connectivity index (χ0) is 19.1. The molecule has 1 fully saturated rings. The average Bonchev–Trinajstić information content (AvgIpc) is 3.23. The van der Waals surface area contributed by atoms with Crippen molar-refractivity contribution in [3.8, 4) is 0 Å². The molecule has 2 N–H and O–H groups in total. The fourth-order valence-corrected chi connectivity index (χ4v) is 5.24. The van der Waals surface area contributed by atoms with Gasteiger partial charge in [0.1, 0.15) is 0 Å². The molecule has 144 valence electrons. The first kappa shape index (κ1) is 19.4. The molecular formula is C21H26N2O3S. The summed E-state index contributed by atoms with van der Waals surface area (Å²) in [6.07, 6.45) is 4.28. The van der Waals surface area contributed by atoms with Gasteiger partial charge < -0.3 is 10.6 Å². The smallest absolute Gasteiger partial charge is 0.239 e. The van der Waals surface area contributed by atoms with Crippen LogP contribution >= 0.6 is 0 Å². The van der Waals surface area contributed by atoms with Gasteiger partial charge in [0, 0.05) is 12.2 Å². The molecule has 5 nitrogen and oxygen atoms in total.